The summed E-state index contributed by atoms with van der Waals surface area (Å²) >= 11 is 11.8. The van der Waals surface area contributed by atoms with Gasteiger partial charge in [0.1, 0.15) is 0 Å². The van der Waals surface area contributed by atoms with Crippen molar-refractivity contribution in [3.63, 3.8) is 0 Å². The number of rotatable bonds is 5. The van der Waals surface area contributed by atoms with Gasteiger partial charge in [0.15, 0.2) is 0 Å². The minimum absolute atomic E-state index is 0.0667. The lowest BCUT2D eigenvalue weighted by Crippen LogP contribution is -2.44. The van der Waals surface area contributed by atoms with Gasteiger partial charge in [-0.05, 0) is 32.2 Å². The first kappa shape index (κ1) is 17.8. The van der Waals surface area contributed by atoms with Gasteiger partial charge in [-0.2, -0.15) is 0 Å². The number of anilines is 1. The van der Waals surface area contributed by atoms with Crippen LogP contribution in [0.1, 0.15) is 6.92 Å². The number of amides is 2. The molecule has 1 aromatic carbocycles. The molecular formula is C14H19Cl2N3O2. The van der Waals surface area contributed by atoms with Crippen LogP contribution in [0.15, 0.2) is 18.2 Å². The Hall–Kier alpha value is -1.30. The van der Waals surface area contributed by atoms with E-state index in [1.54, 1.807) is 51.2 Å². The van der Waals surface area contributed by atoms with Gasteiger partial charge < -0.3 is 10.2 Å². The fraction of sp³-hybridized carbons (Fsp3) is 0.429. The first-order valence-corrected chi connectivity index (χ1v) is 7.13. The molecule has 5 nitrogen and oxygen atoms in total. The monoisotopic (exact) mass is 331 g/mol. The summed E-state index contributed by atoms with van der Waals surface area (Å²) < 4.78 is 0. The molecule has 0 bridgehead atoms. The molecule has 1 N–H and O–H groups in total. The van der Waals surface area contributed by atoms with E-state index in [1.807, 2.05) is 0 Å². The third kappa shape index (κ3) is 5.53. The molecule has 116 valence electrons. The largest absolute Gasteiger partial charge is 0.348 e. The van der Waals surface area contributed by atoms with Crippen LogP contribution in [0.25, 0.3) is 0 Å². The Morgan fingerprint density at radius 2 is 1.67 bits per heavy atom. The van der Waals surface area contributed by atoms with E-state index in [2.05, 4.69) is 5.32 Å². The van der Waals surface area contributed by atoms with E-state index in [-0.39, 0.29) is 18.4 Å². The maximum Gasteiger partial charge on any atom is 0.241 e. The summed E-state index contributed by atoms with van der Waals surface area (Å²) in [7, 11) is 5.07. The molecular weight excluding hydrogens is 313 g/mol. The summed E-state index contributed by atoms with van der Waals surface area (Å²) in [6.07, 6.45) is 0. The van der Waals surface area contributed by atoms with Crippen molar-refractivity contribution in [3.05, 3.63) is 28.2 Å². The van der Waals surface area contributed by atoms with E-state index in [4.69, 9.17) is 23.2 Å². The lowest BCUT2D eigenvalue weighted by Gasteiger charge is -2.24. The maximum atomic E-state index is 12.2. The number of hydrogen-bond acceptors (Lipinski definition) is 3. The van der Waals surface area contributed by atoms with E-state index in [9.17, 15) is 9.59 Å². The summed E-state index contributed by atoms with van der Waals surface area (Å²) in [6.45, 7) is 1.89. The third-order valence-electron chi connectivity index (χ3n) is 3.05. The van der Waals surface area contributed by atoms with Gasteiger partial charge in [-0.15, -0.1) is 0 Å². The maximum absolute atomic E-state index is 12.2. The zero-order chi connectivity index (χ0) is 16.2. The highest BCUT2D eigenvalue weighted by atomic mass is 35.5. The molecule has 0 radical (unpaired) electrons. The van der Waals surface area contributed by atoms with E-state index >= 15 is 0 Å². The van der Waals surface area contributed by atoms with Crippen molar-refractivity contribution in [2.75, 3.05) is 33.0 Å². The van der Waals surface area contributed by atoms with Crippen LogP contribution in [0.3, 0.4) is 0 Å². The van der Waals surface area contributed by atoms with E-state index < -0.39 is 6.04 Å². The molecule has 0 spiro atoms. The van der Waals surface area contributed by atoms with Gasteiger partial charge in [0.2, 0.25) is 11.8 Å². The Bertz CT molecular complexity index is 515. The van der Waals surface area contributed by atoms with E-state index in [0.29, 0.717) is 15.7 Å². The molecule has 0 saturated heterocycles. The van der Waals surface area contributed by atoms with E-state index in [1.165, 1.54) is 4.90 Å². The van der Waals surface area contributed by atoms with Crippen molar-refractivity contribution in [1.29, 1.82) is 0 Å². The molecule has 0 fully saturated rings. The lowest BCUT2D eigenvalue weighted by atomic mass is 10.2. The van der Waals surface area contributed by atoms with E-state index in [0.717, 1.165) is 0 Å². The molecule has 0 aliphatic rings. The van der Waals surface area contributed by atoms with Crippen LogP contribution in [0.4, 0.5) is 5.69 Å². The third-order valence-corrected chi connectivity index (χ3v) is 3.49. The standard InChI is InChI=1S/C14H19Cl2N3O2/c1-9(19(4)8-13(20)18(2)3)14(21)17-12-6-10(15)5-11(16)7-12/h5-7,9H,8H2,1-4H3,(H,17,21)/t9-/m1/s1. The van der Waals surface area contributed by atoms with Crippen LogP contribution in [0.2, 0.25) is 10.0 Å². The van der Waals surface area contributed by atoms with Crippen molar-refractivity contribution in [3.8, 4) is 0 Å². The van der Waals surface area contributed by atoms with Crippen molar-refractivity contribution < 1.29 is 9.59 Å². The highest BCUT2D eigenvalue weighted by Gasteiger charge is 2.21. The fourth-order valence-electron chi connectivity index (χ4n) is 1.56. The molecule has 0 aromatic heterocycles. The summed E-state index contributed by atoms with van der Waals surface area (Å²) in [5.74, 6) is -0.301. The average molecular weight is 332 g/mol. The van der Waals surface area contributed by atoms with Gasteiger partial charge in [0.05, 0.1) is 12.6 Å². The minimum Gasteiger partial charge on any atom is -0.348 e. The molecule has 1 aromatic rings. The zero-order valence-corrected chi connectivity index (χ0v) is 14.0. The Kier molecular flexibility index (Phi) is 6.45. The number of halogens is 2. The highest BCUT2D eigenvalue weighted by Crippen LogP contribution is 2.22. The van der Waals surface area contributed by atoms with Crippen molar-refractivity contribution >= 4 is 40.7 Å². The summed E-state index contributed by atoms with van der Waals surface area (Å²) in [6, 6.07) is 4.35. The number of benzene rings is 1. The van der Waals surface area contributed by atoms with Crippen molar-refractivity contribution in [2.24, 2.45) is 0 Å². The zero-order valence-electron chi connectivity index (χ0n) is 12.5. The number of carbonyl (C=O) groups is 2. The number of nitrogens with zero attached hydrogens (tertiary/aromatic N) is 2. The molecule has 2 amide bonds. The first-order valence-electron chi connectivity index (χ1n) is 6.38. The molecule has 0 aliphatic heterocycles. The van der Waals surface area contributed by atoms with Crippen LogP contribution in [-0.2, 0) is 9.59 Å². The van der Waals surface area contributed by atoms with Gasteiger partial charge in [-0.3, -0.25) is 14.5 Å². The lowest BCUT2D eigenvalue weighted by molar-refractivity contribution is -0.131. The normalized spacial score (nSPS) is 12.1. The Morgan fingerprint density at radius 3 is 2.14 bits per heavy atom. The predicted octanol–water partition coefficient (Wildman–Crippen LogP) is 2.34. The molecule has 0 unspecified atom stereocenters. The number of carbonyl (C=O) groups excluding carboxylic acids is 2. The number of nitrogens with one attached hydrogen (secondary N) is 1. The SMILES string of the molecule is C[C@H](C(=O)Nc1cc(Cl)cc(Cl)c1)N(C)CC(=O)N(C)C. The van der Waals surface area contributed by atoms with Crippen LogP contribution < -0.4 is 5.32 Å². The first-order chi connectivity index (χ1) is 9.70. The molecule has 0 aliphatic carbocycles. The van der Waals surface area contributed by atoms with Crippen LogP contribution in [-0.4, -0.2) is 55.3 Å². The molecule has 0 saturated carbocycles. The quantitative estimate of drug-likeness (QED) is 0.900. The summed E-state index contributed by atoms with van der Waals surface area (Å²) in [4.78, 5) is 27.0. The van der Waals surface area contributed by atoms with Crippen LogP contribution in [0.5, 0.6) is 0 Å². The number of hydrogen-bond donors (Lipinski definition) is 1. The predicted molar refractivity (Wildman–Crippen MR) is 85.9 cm³/mol. The molecule has 0 heterocycles. The Balaban J connectivity index is 2.67. The minimum atomic E-state index is -0.466. The highest BCUT2D eigenvalue weighted by molar-refractivity contribution is 6.35. The van der Waals surface area contributed by atoms with Gasteiger partial charge in [0.25, 0.3) is 0 Å². The fourth-order valence-corrected chi connectivity index (χ4v) is 2.09. The smallest absolute Gasteiger partial charge is 0.241 e. The Morgan fingerprint density at radius 1 is 1.14 bits per heavy atom. The van der Waals surface area contributed by atoms with Gasteiger partial charge in [-0.1, -0.05) is 23.2 Å². The second kappa shape index (κ2) is 7.64. The molecule has 7 heteroatoms. The topological polar surface area (TPSA) is 52.7 Å². The van der Waals surface area contributed by atoms with Gasteiger partial charge in [-0.25, -0.2) is 0 Å². The second-order valence-electron chi connectivity index (χ2n) is 5.03. The average Bonchev–Trinajstić information content (AvgIpc) is 2.35. The van der Waals surface area contributed by atoms with Crippen LogP contribution in [0, 0.1) is 0 Å². The van der Waals surface area contributed by atoms with Gasteiger partial charge in [0, 0.05) is 29.8 Å². The van der Waals surface area contributed by atoms with Crippen molar-refractivity contribution in [2.45, 2.75) is 13.0 Å². The number of likely N-dealkylation sites (N-methyl/N-ethyl adjacent to an activating group) is 2. The van der Waals surface area contributed by atoms with Crippen molar-refractivity contribution in [1.82, 2.24) is 9.80 Å². The summed E-state index contributed by atoms with van der Waals surface area (Å²) in [5.41, 5.74) is 0.525. The van der Waals surface area contributed by atoms with Crippen LogP contribution >= 0.6 is 23.2 Å². The molecule has 1 rings (SSSR count). The Labute approximate surface area is 134 Å². The second-order valence-corrected chi connectivity index (χ2v) is 5.90. The molecule has 21 heavy (non-hydrogen) atoms. The summed E-state index contributed by atoms with van der Waals surface area (Å²) in [5, 5.41) is 3.62. The molecule has 1 atom stereocenters. The van der Waals surface area contributed by atoms with Gasteiger partial charge >= 0.3 is 0 Å².